The normalized spacial score (nSPS) is 12.6. The monoisotopic (exact) mass is 703 g/mol. The van der Waals surface area contributed by atoms with Gasteiger partial charge >= 0.3 is 5.97 Å². The second-order valence-corrected chi connectivity index (χ2v) is 12.1. The SMILES string of the molecule is CSCC[C@H](NC(=O)[C@H](Cc1ccccc1)NC(=O)CNC(=O)CNC(=O)[C@H](Cc1ccc(O)cc1)NC(=O)C=Cc1ccccc1)C(=O)O. The highest BCUT2D eigenvalue weighted by molar-refractivity contribution is 7.98. The fourth-order valence-electron chi connectivity index (χ4n) is 4.63. The summed E-state index contributed by atoms with van der Waals surface area (Å²) in [6, 6.07) is 20.7. The molecule has 0 saturated heterocycles. The van der Waals surface area contributed by atoms with Crippen LogP contribution in [0.5, 0.6) is 5.75 Å². The third-order valence-electron chi connectivity index (χ3n) is 7.26. The quantitative estimate of drug-likeness (QED) is 0.0902. The van der Waals surface area contributed by atoms with E-state index >= 15 is 0 Å². The van der Waals surface area contributed by atoms with Gasteiger partial charge in [-0.05, 0) is 53.3 Å². The second kappa shape index (κ2) is 20.7. The number of carbonyl (C=O) groups excluding carboxylic acids is 5. The van der Waals surface area contributed by atoms with E-state index in [4.69, 9.17) is 0 Å². The minimum atomic E-state index is -1.19. The summed E-state index contributed by atoms with van der Waals surface area (Å²) in [7, 11) is 0. The zero-order valence-corrected chi connectivity index (χ0v) is 28.3. The van der Waals surface area contributed by atoms with E-state index < -0.39 is 66.7 Å². The van der Waals surface area contributed by atoms with E-state index in [1.807, 2.05) is 36.6 Å². The van der Waals surface area contributed by atoms with Crippen LogP contribution < -0.4 is 26.6 Å². The summed E-state index contributed by atoms with van der Waals surface area (Å²) in [6.07, 6.45) is 5.03. The number of rotatable bonds is 19. The molecule has 0 heterocycles. The maximum Gasteiger partial charge on any atom is 0.326 e. The molecule has 14 heteroatoms. The summed E-state index contributed by atoms with van der Waals surface area (Å²) < 4.78 is 0. The van der Waals surface area contributed by atoms with Gasteiger partial charge in [-0.3, -0.25) is 24.0 Å². The van der Waals surface area contributed by atoms with E-state index in [0.29, 0.717) is 11.3 Å². The van der Waals surface area contributed by atoms with Crippen molar-refractivity contribution in [2.45, 2.75) is 37.4 Å². The number of phenols is 1. The van der Waals surface area contributed by atoms with Crippen LogP contribution in [0.15, 0.2) is 91.0 Å². The van der Waals surface area contributed by atoms with Crippen molar-refractivity contribution in [3.05, 3.63) is 108 Å². The number of aliphatic carboxylic acids is 1. The van der Waals surface area contributed by atoms with Crippen molar-refractivity contribution in [1.29, 1.82) is 0 Å². The molecular formula is C36H41N5O8S. The first-order valence-electron chi connectivity index (χ1n) is 15.8. The summed E-state index contributed by atoms with van der Waals surface area (Å²) in [4.78, 5) is 76.0. The topological polar surface area (TPSA) is 203 Å². The van der Waals surface area contributed by atoms with Crippen LogP contribution in [0.1, 0.15) is 23.1 Å². The van der Waals surface area contributed by atoms with Crippen LogP contribution in [0, 0.1) is 0 Å². The van der Waals surface area contributed by atoms with Crippen LogP contribution >= 0.6 is 11.8 Å². The first-order valence-corrected chi connectivity index (χ1v) is 17.1. The smallest absolute Gasteiger partial charge is 0.326 e. The molecule has 3 rings (SSSR count). The largest absolute Gasteiger partial charge is 0.508 e. The number of amides is 5. The van der Waals surface area contributed by atoms with E-state index in [9.17, 15) is 39.0 Å². The lowest BCUT2D eigenvalue weighted by molar-refractivity contribution is -0.142. The molecule has 0 aliphatic rings. The molecule has 3 aromatic carbocycles. The Bertz CT molecular complexity index is 1620. The van der Waals surface area contributed by atoms with Crippen molar-refractivity contribution in [2.75, 3.05) is 25.1 Å². The second-order valence-electron chi connectivity index (χ2n) is 11.2. The third-order valence-corrected chi connectivity index (χ3v) is 7.91. The molecule has 0 spiro atoms. The molecule has 0 bridgehead atoms. The van der Waals surface area contributed by atoms with Crippen LogP contribution in [0.3, 0.4) is 0 Å². The van der Waals surface area contributed by atoms with Crippen molar-refractivity contribution >= 4 is 53.3 Å². The van der Waals surface area contributed by atoms with Gasteiger partial charge in [0.15, 0.2) is 0 Å². The highest BCUT2D eigenvalue weighted by atomic mass is 32.2. The number of benzene rings is 3. The molecule has 0 unspecified atom stereocenters. The Hall–Kier alpha value is -5.63. The molecule has 0 saturated carbocycles. The van der Waals surface area contributed by atoms with Gasteiger partial charge in [0.25, 0.3) is 0 Å². The average molecular weight is 704 g/mol. The number of aromatic hydroxyl groups is 1. The first kappa shape index (κ1) is 38.8. The van der Waals surface area contributed by atoms with Crippen molar-refractivity contribution < 1.29 is 39.0 Å². The van der Waals surface area contributed by atoms with Crippen LogP contribution in [-0.2, 0) is 41.6 Å². The summed E-state index contributed by atoms with van der Waals surface area (Å²) in [5.41, 5.74) is 2.15. The number of thioether (sulfide) groups is 1. The van der Waals surface area contributed by atoms with Crippen molar-refractivity contribution in [1.82, 2.24) is 26.6 Å². The zero-order chi connectivity index (χ0) is 36.3. The number of nitrogens with one attached hydrogen (secondary N) is 5. The lowest BCUT2D eigenvalue weighted by Crippen LogP contribution is -2.54. The van der Waals surface area contributed by atoms with Gasteiger partial charge in [0.1, 0.15) is 23.9 Å². The van der Waals surface area contributed by atoms with E-state index in [-0.39, 0.29) is 25.0 Å². The minimum absolute atomic E-state index is 0.0351. The number of carboxylic acid groups (broad SMARTS) is 1. The standard InChI is InChI=1S/C36H41N5O8S/c1-50-19-18-28(36(48)49)41-35(47)30(20-25-10-6-3-7-11-25)40-33(45)23-37-32(44)22-38-34(46)29(21-26-12-15-27(42)16-13-26)39-31(43)17-14-24-8-4-2-5-9-24/h2-17,28-30,42H,18-23H2,1H3,(H,37,44)(H,38,46)(H,39,43)(H,40,45)(H,41,47)(H,48,49)/t28-,29-,30-/m0/s1. The summed E-state index contributed by atoms with van der Waals surface area (Å²) in [5, 5.41) is 31.7. The van der Waals surface area contributed by atoms with Gasteiger partial charge in [-0.1, -0.05) is 72.8 Å². The number of phenolic OH excluding ortho intramolecular Hbond substituents is 1. The number of hydrogen-bond donors (Lipinski definition) is 7. The third kappa shape index (κ3) is 14.2. The molecule has 0 fully saturated rings. The summed E-state index contributed by atoms with van der Waals surface area (Å²) >= 11 is 1.44. The van der Waals surface area contributed by atoms with Crippen LogP contribution in [0.2, 0.25) is 0 Å². The lowest BCUT2D eigenvalue weighted by atomic mass is 10.0. The summed E-state index contributed by atoms with van der Waals surface area (Å²) in [5.74, 6) is -3.96. The number of hydrogen-bond acceptors (Lipinski definition) is 8. The zero-order valence-electron chi connectivity index (χ0n) is 27.5. The first-order chi connectivity index (χ1) is 24.0. The number of carbonyl (C=O) groups is 6. The fraction of sp³-hybridized carbons (Fsp3) is 0.278. The molecule has 0 radical (unpaired) electrons. The summed E-state index contributed by atoms with van der Waals surface area (Å²) in [6.45, 7) is -1.04. The molecule has 3 atom stereocenters. The van der Waals surface area contributed by atoms with Gasteiger partial charge in [0, 0.05) is 18.9 Å². The molecule has 0 aliphatic carbocycles. The van der Waals surface area contributed by atoms with Crippen LogP contribution in [-0.4, -0.2) is 88.9 Å². The molecule has 13 nitrogen and oxygen atoms in total. The minimum Gasteiger partial charge on any atom is -0.508 e. The van der Waals surface area contributed by atoms with Gasteiger partial charge < -0.3 is 36.8 Å². The Balaban J connectivity index is 1.58. The average Bonchev–Trinajstić information content (AvgIpc) is 3.11. The van der Waals surface area contributed by atoms with Crippen LogP contribution in [0.4, 0.5) is 0 Å². The van der Waals surface area contributed by atoms with Gasteiger partial charge in [0.05, 0.1) is 13.1 Å². The van der Waals surface area contributed by atoms with Gasteiger partial charge in [-0.2, -0.15) is 11.8 Å². The highest BCUT2D eigenvalue weighted by Crippen LogP contribution is 2.12. The maximum atomic E-state index is 13.1. The van der Waals surface area contributed by atoms with Gasteiger partial charge in [0.2, 0.25) is 29.5 Å². The van der Waals surface area contributed by atoms with Crippen molar-refractivity contribution in [3.63, 3.8) is 0 Å². The molecule has 50 heavy (non-hydrogen) atoms. The van der Waals surface area contributed by atoms with Crippen LogP contribution in [0.25, 0.3) is 6.08 Å². The molecule has 264 valence electrons. The molecule has 3 aromatic rings. The Labute approximate surface area is 294 Å². The van der Waals surface area contributed by atoms with Crippen molar-refractivity contribution in [2.24, 2.45) is 0 Å². The molecule has 7 N–H and O–H groups in total. The van der Waals surface area contributed by atoms with E-state index in [1.54, 1.807) is 48.5 Å². The predicted molar refractivity (Wildman–Crippen MR) is 190 cm³/mol. The maximum absolute atomic E-state index is 13.1. The molecule has 0 aliphatic heterocycles. The number of carboxylic acids is 1. The lowest BCUT2D eigenvalue weighted by Gasteiger charge is -2.22. The Morgan fingerprint density at radius 3 is 1.88 bits per heavy atom. The van der Waals surface area contributed by atoms with Gasteiger partial charge in [-0.15, -0.1) is 0 Å². The molecule has 0 aromatic heterocycles. The molecular weight excluding hydrogens is 662 g/mol. The predicted octanol–water partition coefficient (Wildman–Crippen LogP) is 1.42. The van der Waals surface area contributed by atoms with Gasteiger partial charge in [-0.25, -0.2) is 4.79 Å². The van der Waals surface area contributed by atoms with E-state index in [2.05, 4.69) is 26.6 Å². The van der Waals surface area contributed by atoms with Crippen molar-refractivity contribution in [3.8, 4) is 5.75 Å². The Kier molecular flexibility index (Phi) is 16.0. The Morgan fingerprint density at radius 2 is 1.26 bits per heavy atom. The fourth-order valence-corrected chi connectivity index (χ4v) is 5.11. The van der Waals surface area contributed by atoms with E-state index in [0.717, 1.165) is 11.1 Å². The molecule has 5 amide bonds. The Morgan fingerprint density at radius 1 is 0.680 bits per heavy atom. The van der Waals surface area contributed by atoms with E-state index in [1.165, 1.54) is 30.0 Å². The highest BCUT2D eigenvalue weighted by Gasteiger charge is 2.27.